The van der Waals surface area contributed by atoms with Gasteiger partial charge >= 0.3 is 0 Å². The first-order valence-corrected chi connectivity index (χ1v) is 6.84. The van der Waals surface area contributed by atoms with Gasteiger partial charge in [-0.05, 0) is 31.7 Å². The second-order valence-electron chi connectivity index (χ2n) is 5.57. The third-order valence-electron chi connectivity index (χ3n) is 4.28. The summed E-state index contributed by atoms with van der Waals surface area (Å²) in [7, 11) is 0. The summed E-state index contributed by atoms with van der Waals surface area (Å²) in [6, 6.07) is 9.75. The van der Waals surface area contributed by atoms with E-state index in [1.165, 1.54) is 0 Å². The SMILES string of the molecule is CCC(C)(NC(=O)C1(c2ccccc2)CC1)C(N)=NO. The number of rotatable bonds is 5. The predicted octanol–water partition coefficient (Wildman–Crippen LogP) is 1.75. The van der Waals surface area contributed by atoms with Crippen LogP contribution in [0.5, 0.6) is 0 Å². The predicted molar refractivity (Wildman–Crippen MR) is 77.6 cm³/mol. The van der Waals surface area contributed by atoms with Crippen molar-refractivity contribution in [2.24, 2.45) is 10.9 Å². The largest absolute Gasteiger partial charge is 0.409 e. The molecule has 1 aromatic carbocycles. The number of carbonyl (C=O) groups excluding carboxylic acids is 1. The first kappa shape index (κ1) is 14.4. The zero-order valence-electron chi connectivity index (χ0n) is 11.9. The van der Waals surface area contributed by atoms with Crippen molar-refractivity contribution in [1.29, 1.82) is 0 Å². The van der Waals surface area contributed by atoms with Gasteiger partial charge in [0.15, 0.2) is 5.84 Å². The highest BCUT2D eigenvalue weighted by molar-refractivity contribution is 5.98. The van der Waals surface area contributed by atoms with Crippen LogP contribution < -0.4 is 11.1 Å². The number of benzene rings is 1. The van der Waals surface area contributed by atoms with Gasteiger partial charge in [0.05, 0.1) is 11.0 Å². The van der Waals surface area contributed by atoms with Crippen LogP contribution in [0.25, 0.3) is 0 Å². The zero-order chi connectivity index (χ0) is 14.8. The quantitative estimate of drug-likeness (QED) is 0.331. The second-order valence-corrected chi connectivity index (χ2v) is 5.57. The van der Waals surface area contributed by atoms with E-state index in [0.717, 1.165) is 18.4 Å². The summed E-state index contributed by atoms with van der Waals surface area (Å²) in [4.78, 5) is 12.6. The molecule has 5 nitrogen and oxygen atoms in total. The number of amides is 1. The van der Waals surface area contributed by atoms with Crippen molar-refractivity contribution in [2.75, 3.05) is 0 Å². The Morgan fingerprint density at radius 3 is 2.50 bits per heavy atom. The fourth-order valence-corrected chi connectivity index (χ4v) is 2.34. The van der Waals surface area contributed by atoms with E-state index in [2.05, 4.69) is 10.5 Å². The van der Waals surface area contributed by atoms with E-state index >= 15 is 0 Å². The minimum Gasteiger partial charge on any atom is -0.409 e. The number of hydrogen-bond donors (Lipinski definition) is 3. The topological polar surface area (TPSA) is 87.7 Å². The van der Waals surface area contributed by atoms with Gasteiger partial charge < -0.3 is 16.3 Å². The lowest BCUT2D eigenvalue weighted by Crippen LogP contribution is -2.57. The Morgan fingerprint density at radius 2 is 2.05 bits per heavy atom. The first-order chi connectivity index (χ1) is 9.48. The molecule has 0 radical (unpaired) electrons. The molecule has 1 fully saturated rings. The maximum absolute atomic E-state index is 12.6. The number of hydrogen-bond acceptors (Lipinski definition) is 3. The average molecular weight is 275 g/mol. The number of carbonyl (C=O) groups is 1. The Morgan fingerprint density at radius 1 is 1.45 bits per heavy atom. The van der Waals surface area contributed by atoms with E-state index < -0.39 is 11.0 Å². The van der Waals surface area contributed by atoms with Crippen LogP contribution in [0.3, 0.4) is 0 Å². The lowest BCUT2D eigenvalue weighted by Gasteiger charge is -2.30. The van der Waals surface area contributed by atoms with Gasteiger partial charge in [-0.3, -0.25) is 4.79 Å². The highest BCUT2D eigenvalue weighted by atomic mass is 16.4. The Kier molecular flexibility index (Phi) is 3.70. The summed E-state index contributed by atoms with van der Waals surface area (Å²) in [6.07, 6.45) is 2.22. The molecule has 1 atom stereocenters. The summed E-state index contributed by atoms with van der Waals surface area (Å²) in [5, 5.41) is 14.8. The van der Waals surface area contributed by atoms with E-state index in [1.807, 2.05) is 37.3 Å². The fraction of sp³-hybridized carbons (Fsp3) is 0.467. The van der Waals surface area contributed by atoms with Crippen molar-refractivity contribution in [2.45, 2.75) is 44.1 Å². The van der Waals surface area contributed by atoms with Gasteiger partial charge in [0.2, 0.25) is 5.91 Å². The molecule has 1 aliphatic carbocycles. The Hall–Kier alpha value is -2.04. The third kappa shape index (κ3) is 2.35. The molecule has 2 rings (SSSR count). The van der Waals surface area contributed by atoms with E-state index in [-0.39, 0.29) is 11.7 Å². The maximum Gasteiger partial charge on any atom is 0.231 e. The van der Waals surface area contributed by atoms with Crippen LogP contribution in [0.15, 0.2) is 35.5 Å². The van der Waals surface area contributed by atoms with Gasteiger partial charge in [0.25, 0.3) is 0 Å². The molecule has 1 amide bonds. The van der Waals surface area contributed by atoms with Crippen molar-refractivity contribution in [3.05, 3.63) is 35.9 Å². The fourth-order valence-electron chi connectivity index (χ4n) is 2.34. The van der Waals surface area contributed by atoms with E-state index in [0.29, 0.717) is 6.42 Å². The van der Waals surface area contributed by atoms with Crippen molar-refractivity contribution in [3.8, 4) is 0 Å². The number of nitrogens with one attached hydrogen (secondary N) is 1. The van der Waals surface area contributed by atoms with E-state index in [1.54, 1.807) is 6.92 Å². The Labute approximate surface area is 118 Å². The standard InChI is InChI=1S/C15H21N3O2/c1-3-14(2,12(16)18-20)17-13(19)15(9-10-15)11-7-5-4-6-8-11/h4-8,20H,3,9-10H2,1-2H3,(H2,16,18)(H,17,19). The maximum atomic E-state index is 12.6. The molecule has 4 N–H and O–H groups in total. The molecule has 0 spiro atoms. The van der Waals surface area contributed by atoms with Gasteiger partial charge in [0.1, 0.15) is 0 Å². The van der Waals surface area contributed by atoms with Crippen LogP contribution in [0.2, 0.25) is 0 Å². The van der Waals surface area contributed by atoms with Gasteiger partial charge in [-0.25, -0.2) is 0 Å². The molecule has 0 saturated heterocycles. The smallest absolute Gasteiger partial charge is 0.231 e. The summed E-state index contributed by atoms with van der Waals surface area (Å²) in [5.74, 6) is -0.0307. The minimum absolute atomic E-state index is 0.0252. The molecule has 0 aromatic heterocycles. The van der Waals surface area contributed by atoms with Crippen molar-refractivity contribution in [3.63, 3.8) is 0 Å². The number of nitrogens with two attached hydrogens (primary N) is 1. The summed E-state index contributed by atoms with van der Waals surface area (Å²) < 4.78 is 0. The van der Waals surface area contributed by atoms with Crippen LogP contribution in [0.1, 0.15) is 38.7 Å². The first-order valence-electron chi connectivity index (χ1n) is 6.84. The van der Waals surface area contributed by atoms with Gasteiger partial charge in [0, 0.05) is 0 Å². The zero-order valence-corrected chi connectivity index (χ0v) is 11.9. The molecule has 20 heavy (non-hydrogen) atoms. The van der Waals surface area contributed by atoms with Crippen molar-refractivity contribution >= 4 is 11.7 Å². The molecule has 5 heteroatoms. The van der Waals surface area contributed by atoms with Gasteiger partial charge in [-0.1, -0.05) is 42.4 Å². The molecule has 0 heterocycles. The van der Waals surface area contributed by atoms with Crippen molar-refractivity contribution in [1.82, 2.24) is 5.32 Å². The van der Waals surface area contributed by atoms with Crippen LogP contribution in [-0.2, 0) is 10.2 Å². The highest BCUT2D eigenvalue weighted by Gasteiger charge is 2.52. The lowest BCUT2D eigenvalue weighted by molar-refractivity contribution is -0.124. The molecule has 0 aliphatic heterocycles. The van der Waals surface area contributed by atoms with Gasteiger partial charge in [-0.2, -0.15) is 0 Å². The molecule has 1 aromatic rings. The van der Waals surface area contributed by atoms with Crippen LogP contribution >= 0.6 is 0 Å². The summed E-state index contributed by atoms with van der Waals surface area (Å²) >= 11 is 0. The van der Waals surface area contributed by atoms with Gasteiger partial charge in [-0.15, -0.1) is 0 Å². The lowest BCUT2D eigenvalue weighted by atomic mass is 9.91. The second kappa shape index (κ2) is 5.15. The Bertz CT molecular complexity index is 523. The summed E-state index contributed by atoms with van der Waals surface area (Å²) in [5.41, 5.74) is 5.45. The molecule has 0 bridgehead atoms. The molecule has 1 unspecified atom stereocenters. The molecule has 1 saturated carbocycles. The minimum atomic E-state index is -0.823. The molecular formula is C15H21N3O2. The van der Waals surface area contributed by atoms with E-state index in [9.17, 15) is 4.79 Å². The van der Waals surface area contributed by atoms with Crippen LogP contribution in [0.4, 0.5) is 0 Å². The van der Waals surface area contributed by atoms with Crippen LogP contribution in [0, 0.1) is 0 Å². The highest BCUT2D eigenvalue weighted by Crippen LogP contribution is 2.48. The normalized spacial score (nSPS) is 20.0. The molecule has 108 valence electrons. The average Bonchev–Trinajstić information content (AvgIpc) is 3.28. The van der Waals surface area contributed by atoms with Crippen molar-refractivity contribution < 1.29 is 10.0 Å². The molecular weight excluding hydrogens is 254 g/mol. The van der Waals surface area contributed by atoms with Crippen LogP contribution in [-0.4, -0.2) is 22.5 Å². The Balaban J connectivity index is 2.21. The summed E-state index contributed by atoms with van der Waals surface area (Å²) in [6.45, 7) is 3.65. The molecule has 1 aliphatic rings. The van der Waals surface area contributed by atoms with E-state index in [4.69, 9.17) is 10.9 Å². The monoisotopic (exact) mass is 275 g/mol. The number of nitrogens with zero attached hydrogens (tertiary/aromatic N) is 1. The number of oxime groups is 1. The third-order valence-corrected chi connectivity index (χ3v) is 4.28. The number of amidine groups is 1.